The molecule has 4 rings (SSSR count). The van der Waals surface area contributed by atoms with Crippen LogP contribution in [0.3, 0.4) is 0 Å². The van der Waals surface area contributed by atoms with Crippen molar-refractivity contribution in [2.45, 2.75) is 25.4 Å². The Morgan fingerprint density at radius 3 is 1.82 bits per heavy atom. The van der Waals surface area contributed by atoms with Crippen LogP contribution in [0.5, 0.6) is 5.75 Å². The average Bonchev–Trinajstić information content (AvgIpc) is 2.96. The first kappa shape index (κ1) is 27.7. The van der Waals surface area contributed by atoms with Gasteiger partial charge in [0.15, 0.2) is 0 Å². The second-order valence-corrected chi connectivity index (χ2v) is 9.12. The van der Waals surface area contributed by atoms with Gasteiger partial charge in [0.1, 0.15) is 11.8 Å². The number of aromatic hydroxyl groups is 1. The molecule has 9 nitrogen and oxygen atoms in total. The van der Waals surface area contributed by atoms with E-state index < -0.39 is 28.7 Å². The molecule has 0 saturated carbocycles. The zero-order valence-electron chi connectivity index (χ0n) is 21.5. The first-order valence-corrected chi connectivity index (χ1v) is 12.5. The smallest absolute Gasteiger partial charge is 0.269 e. The molecule has 0 aliphatic carbocycles. The first-order chi connectivity index (χ1) is 19.3. The van der Waals surface area contributed by atoms with Gasteiger partial charge in [0.05, 0.1) is 17.8 Å². The molecule has 0 aliphatic heterocycles. The van der Waals surface area contributed by atoms with Gasteiger partial charge in [0.2, 0.25) is 17.7 Å². The van der Waals surface area contributed by atoms with E-state index in [1.54, 1.807) is 72.8 Å². The number of nitro groups is 1. The lowest BCUT2D eigenvalue weighted by Crippen LogP contribution is -2.48. The third-order valence-electron chi connectivity index (χ3n) is 6.24. The van der Waals surface area contributed by atoms with Crippen LogP contribution in [0.15, 0.2) is 109 Å². The molecular formula is C31H27N3O6. The van der Waals surface area contributed by atoms with Gasteiger partial charge in [0, 0.05) is 18.7 Å². The van der Waals surface area contributed by atoms with Crippen LogP contribution in [-0.2, 0) is 33.8 Å². The highest BCUT2D eigenvalue weighted by atomic mass is 16.6. The number of phenolic OH excluding ortho intramolecular Hbond substituents is 1. The molecule has 0 saturated heterocycles. The highest BCUT2D eigenvalue weighted by molar-refractivity contribution is 6.02. The molecule has 4 aromatic rings. The van der Waals surface area contributed by atoms with E-state index in [0.717, 1.165) is 4.90 Å². The standard InChI is InChI=1S/C31H27N3O6/c35-27-16-14-24(15-17-27)21-32-31(38)30(25-12-7-13-26(20-25)34(39)40)33(28(36)18-22-8-3-1-4-9-22)29(37)19-23-10-5-2-6-11-23/h1-17,20,30,35H,18-19,21H2,(H,32,38). The third-order valence-corrected chi connectivity index (χ3v) is 6.24. The number of nitrogens with zero attached hydrogens (tertiary/aromatic N) is 2. The predicted molar refractivity (Wildman–Crippen MR) is 148 cm³/mol. The molecule has 0 radical (unpaired) electrons. The van der Waals surface area contributed by atoms with Crippen LogP contribution in [0.25, 0.3) is 0 Å². The van der Waals surface area contributed by atoms with Crippen LogP contribution >= 0.6 is 0 Å². The highest BCUT2D eigenvalue weighted by Crippen LogP contribution is 2.27. The van der Waals surface area contributed by atoms with Crippen molar-refractivity contribution < 1.29 is 24.4 Å². The Kier molecular flexibility index (Phi) is 8.99. The molecule has 202 valence electrons. The Hall–Kier alpha value is -5.31. The molecule has 0 bridgehead atoms. The Labute approximate surface area is 230 Å². The maximum absolute atomic E-state index is 13.8. The summed E-state index contributed by atoms with van der Waals surface area (Å²) in [6, 6.07) is 27.7. The SMILES string of the molecule is O=C(NCc1ccc(O)cc1)C(c1cccc([N+](=O)[O-])c1)N(C(=O)Cc1ccccc1)C(=O)Cc1ccccc1. The summed E-state index contributed by atoms with van der Waals surface area (Å²) in [5, 5.41) is 23.8. The molecule has 0 heterocycles. The lowest BCUT2D eigenvalue weighted by atomic mass is 10.0. The van der Waals surface area contributed by atoms with E-state index >= 15 is 0 Å². The second-order valence-electron chi connectivity index (χ2n) is 9.12. The van der Waals surface area contributed by atoms with E-state index in [2.05, 4.69) is 5.32 Å². The summed E-state index contributed by atoms with van der Waals surface area (Å²) in [4.78, 5) is 53.1. The molecule has 3 amide bonds. The number of hydrogen-bond donors (Lipinski definition) is 2. The van der Waals surface area contributed by atoms with E-state index in [4.69, 9.17) is 0 Å². The number of imide groups is 1. The Balaban J connectivity index is 1.74. The molecule has 0 fully saturated rings. The van der Waals surface area contributed by atoms with Gasteiger partial charge in [-0.3, -0.25) is 29.4 Å². The van der Waals surface area contributed by atoms with Crippen molar-refractivity contribution >= 4 is 23.4 Å². The monoisotopic (exact) mass is 537 g/mol. The van der Waals surface area contributed by atoms with Crippen LogP contribution in [0.2, 0.25) is 0 Å². The Morgan fingerprint density at radius 2 is 1.30 bits per heavy atom. The highest BCUT2D eigenvalue weighted by Gasteiger charge is 2.36. The van der Waals surface area contributed by atoms with Crippen LogP contribution < -0.4 is 5.32 Å². The van der Waals surface area contributed by atoms with Crippen LogP contribution in [-0.4, -0.2) is 32.7 Å². The number of nitrogens with one attached hydrogen (secondary N) is 1. The molecular weight excluding hydrogens is 510 g/mol. The molecule has 4 aromatic carbocycles. The van der Waals surface area contributed by atoms with Crippen molar-refractivity contribution in [2.75, 3.05) is 0 Å². The van der Waals surface area contributed by atoms with Crippen LogP contribution in [0.1, 0.15) is 28.3 Å². The lowest BCUT2D eigenvalue weighted by molar-refractivity contribution is -0.384. The zero-order valence-corrected chi connectivity index (χ0v) is 21.5. The fourth-order valence-corrected chi connectivity index (χ4v) is 4.26. The van der Waals surface area contributed by atoms with Gasteiger partial charge in [0.25, 0.3) is 5.69 Å². The van der Waals surface area contributed by atoms with Gasteiger partial charge in [-0.05, 0) is 34.4 Å². The van der Waals surface area contributed by atoms with Crippen molar-refractivity contribution in [3.8, 4) is 5.75 Å². The summed E-state index contributed by atoms with van der Waals surface area (Å²) in [5.41, 5.74) is 1.81. The Bertz CT molecular complexity index is 1440. The minimum absolute atomic E-state index is 0.0398. The zero-order chi connectivity index (χ0) is 28.5. The van der Waals surface area contributed by atoms with Crippen LogP contribution in [0, 0.1) is 10.1 Å². The van der Waals surface area contributed by atoms with E-state index in [1.165, 1.54) is 36.4 Å². The van der Waals surface area contributed by atoms with Gasteiger partial charge in [-0.1, -0.05) is 84.9 Å². The van der Waals surface area contributed by atoms with Crippen molar-refractivity contribution in [1.29, 1.82) is 0 Å². The summed E-state index contributed by atoms with van der Waals surface area (Å²) in [7, 11) is 0. The largest absolute Gasteiger partial charge is 0.508 e. The maximum atomic E-state index is 13.8. The minimum atomic E-state index is -1.47. The summed E-state index contributed by atoms with van der Waals surface area (Å²) in [6.45, 7) is 0.0398. The van der Waals surface area contributed by atoms with Crippen LogP contribution in [0.4, 0.5) is 5.69 Å². The third kappa shape index (κ3) is 7.16. The number of hydrogen-bond acceptors (Lipinski definition) is 6. The van der Waals surface area contributed by atoms with E-state index in [0.29, 0.717) is 16.7 Å². The number of nitro benzene ring substituents is 1. The van der Waals surface area contributed by atoms with Crippen molar-refractivity contribution in [3.05, 3.63) is 142 Å². The summed E-state index contributed by atoms with van der Waals surface area (Å²) in [5.74, 6) is -1.86. The second kappa shape index (κ2) is 13.0. The van der Waals surface area contributed by atoms with Crippen molar-refractivity contribution in [2.24, 2.45) is 0 Å². The molecule has 9 heteroatoms. The normalized spacial score (nSPS) is 11.3. The quantitative estimate of drug-likeness (QED) is 0.226. The predicted octanol–water partition coefficient (Wildman–Crippen LogP) is 4.50. The van der Waals surface area contributed by atoms with Crippen molar-refractivity contribution in [3.63, 3.8) is 0 Å². The number of non-ortho nitro benzene ring substituents is 1. The lowest BCUT2D eigenvalue weighted by Gasteiger charge is -2.30. The summed E-state index contributed by atoms with van der Waals surface area (Å²) in [6.07, 6.45) is -0.309. The molecule has 0 spiro atoms. The van der Waals surface area contributed by atoms with Gasteiger partial charge >= 0.3 is 0 Å². The summed E-state index contributed by atoms with van der Waals surface area (Å²) >= 11 is 0. The number of rotatable bonds is 10. The van der Waals surface area contributed by atoms with Gasteiger partial charge in [-0.25, -0.2) is 0 Å². The number of benzene rings is 4. The van der Waals surface area contributed by atoms with E-state index in [9.17, 15) is 29.6 Å². The minimum Gasteiger partial charge on any atom is -0.508 e. The Morgan fingerprint density at radius 1 is 0.750 bits per heavy atom. The fourth-order valence-electron chi connectivity index (χ4n) is 4.26. The fraction of sp³-hybridized carbons (Fsp3) is 0.129. The van der Waals surface area contributed by atoms with E-state index in [1.807, 2.05) is 0 Å². The van der Waals surface area contributed by atoms with Gasteiger partial charge in [-0.15, -0.1) is 0 Å². The molecule has 0 aliphatic rings. The molecule has 1 unspecified atom stereocenters. The number of carbonyl (C=O) groups is 3. The number of amides is 3. The van der Waals surface area contributed by atoms with Gasteiger partial charge in [-0.2, -0.15) is 0 Å². The number of phenols is 1. The first-order valence-electron chi connectivity index (χ1n) is 12.5. The molecule has 0 aromatic heterocycles. The molecule has 40 heavy (non-hydrogen) atoms. The van der Waals surface area contributed by atoms with Gasteiger partial charge < -0.3 is 10.4 Å². The summed E-state index contributed by atoms with van der Waals surface area (Å²) < 4.78 is 0. The molecule has 2 N–H and O–H groups in total. The maximum Gasteiger partial charge on any atom is 0.269 e. The number of carbonyl (C=O) groups excluding carboxylic acids is 3. The average molecular weight is 538 g/mol. The van der Waals surface area contributed by atoms with E-state index in [-0.39, 0.29) is 36.4 Å². The molecule has 1 atom stereocenters. The topological polar surface area (TPSA) is 130 Å². The van der Waals surface area contributed by atoms with Crippen molar-refractivity contribution in [1.82, 2.24) is 10.2 Å².